The number of nitrogens with two attached hydrogens (primary N) is 1. The number of hydrogen-bond donors (Lipinski definition) is 2. The van der Waals surface area contributed by atoms with Crippen LogP contribution in [0, 0.1) is 0 Å². The van der Waals surface area contributed by atoms with Gasteiger partial charge in [-0.15, -0.1) is 0 Å². The largest absolute Gasteiger partial charge is 0.396 e. The number of nitrogens with zero attached hydrogens (tertiary/aromatic N) is 1. The molecule has 0 fully saturated rings. The Hall–Kier alpha value is -1.56. The lowest BCUT2D eigenvalue weighted by Gasteiger charge is -2.01. The van der Waals surface area contributed by atoms with Crippen molar-refractivity contribution in [3.63, 3.8) is 0 Å². The highest BCUT2D eigenvalue weighted by Gasteiger charge is 2.29. The van der Waals surface area contributed by atoms with Gasteiger partial charge in [0.25, 0.3) is 0 Å². The van der Waals surface area contributed by atoms with Crippen molar-refractivity contribution < 1.29 is 13.2 Å². The molecule has 2 rings (SSSR count). The predicted molar refractivity (Wildman–Crippen MR) is 53.7 cm³/mol. The first kappa shape index (κ1) is 10.9. The Morgan fingerprint density at radius 3 is 2.69 bits per heavy atom. The third kappa shape index (κ3) is 2.33. The number of benzene rings is 1. The van der Waals surface area contributed by atoms with E-state index in [-0.39, 0.29) is 5.82 Å². The Morgan fingerprint density at radius 2 is 2.06 bits per heavy atom. The summed E-state index contributed by atoms with van der Waals surface area (Å²) in [6, 6.07) is 5.12. The van der Waals surface area contributed by atoms with Gasteiger partial charge in [-0.1, -0.05) is 6.07 Å². The lowest BCUT2D eigenvalue weighted by Crippen LogP contribution is -2.12. The van der Waals surface area contributed by atoms with Crippen molar-refractivity contribution in [2.24, 2.45) is 5.73 Å². The monoisotopic (exact) mass is 229 g/mol. The fourth-order valence-electron chi connectivity index (χ4n) is 1.51. The smallest absolute Gasteiger partial charge is 0.342 e. The van der Waals surface area contributed by atoms with Gasteiger partial charge in [-0.25, -0.2) is 4.98 Å². The summed E-state index contributed by atoms with van der Waals surface area (Å²) in [5.74, 6) is -0.0725. The summed E-state index contributed by atoms with van der Waals surface area (Å²) in [6.45, 7) is 0.351. The van der Waals surface area contributed by atoms with Crippen LogP contribution in [0.25, 0.3) is 11.0 Å². The maximum Gasteiger partial charge on any atom is 0.396 e. The molecule has 0 radical (unpaired) electrons. The summed E-state index contributed by atoms with van der Waals surface area (Å²) in [7, 11) is 0. The van der Waals surface area contributed by atoms with E-state index in [0.717, 1.165) is 5.56 Å². The first-order valence-corrected chi connectivity index (χ1v) is 4.72. The van der Waals surface area contributed by atoms with Gasteiger partial charge in [0.2, 0.25) is 0 Å². The third-order valence-electron chi connectivity index (χ3n) is 2.20. The van der Waals surface area contributed by atoms with Crippen molar-refractivity contribution in [3.8, 4) is 0 Å². The summed E-state index contributed by atoms with van der Waals surface area (Å²) in [4.78, 5) is 6.50. The maximum absolute atomic E-state index is 12.1. The Kier molecular flexibility index (Phi) is 2.59. The van der Waals surface area contributed by atoms with Gasteiger partial charge in [0.15, 0.2) is 0 Å². The van der Waals surface area contributed by atoms with Crippen molar-refractivity contribution in [1.82, 2.24) is 9.97 Å². The number of H-pyrrole nitrogens is 1. The van der Waals surface area contributed by atoms with Crippen molar-refractivity contribution in [2.75, 3.05) is 0 Å². The Labute approximate surface area is 89.5 Å². The second kappa shape index (κ2) is 3.79. The fraction of sp³-hybridized carbons (Fsp3) is 0.300. The normalized spacial score (nSPS) is 12.2. The number of hydrogen-bond acceptors (Lipinski definition) is 2. The topological polar surface area (TPSA) is 54.7 Å². The number of nitrogens with one attached hydrogen (secondary N) is 1. The summed E-state index contributed by atoms with van der Waals surface area (Å²) in [5.41, 5.74) is 7.40. The molecule has 16 heavy (non-hydrogen) atoms. The highest BCUT2D eigenvalue weighted by Crippen LogP contribution is 2.21. The van der Waals surface area contributed by atoms with Gasteiger partial charge in [0.1, 0.15) is 12.2 Å². The maximum atomic E-state index is 12.1. The van der Waals surface area contributed by atoms with Crippen LogP contribution in [0.1, 0.15) is 11.4 Å². The number of imidazole rings is 1. The highest BCUT2D eigenvalue weighted by molar-refractivity contribution is 5.75. The molecule has 0 aliphatic heterocycles. The molecule has 0 saturated heterocycles. The van der Waals surface area contributed by atoms with Crippen LogP contribution in [0.3, 0.4) is 0 Å². The molecule has 2 aromatic rings. The molecule has 0 atom stereocenters. The molecule has 1 heterocycles. The number of aromatic nitrogens is 2. The molecule has 0 bridgehead atoms. The van der Waals surface area contributed by atoms with Crippen LogP contribution < -0.4 is 5.73 Å². The van der Waals surface area contributed by atoms with E-state index >= 15 is 0 Å². The van der Waals surface area contributed by atoms with Gasteiger partial charge in [-0.3, -0.25) is 0 Å². The van der Waals surface area contributed by atoms with E-state index in [1.165, 1.54) is 0 Å². The fourth-order valence-corrected chi connectivity index (χ4v) is 1.51. The summed E-state index contributed by atoms with van der Waals surface area (Å²) in [6.07, 6.45) is -5.29. The van der Waals surface area contributed by atoms with Crippen LogP contribution >= 0.6 is 0 Å². The van der Waals surface area contributed by atoms with E-state index in [4.69, 9.17) is 5.73 Å². The Morgan fingerprint density at radius 1 is 1.31 bits per heavy atom. The third-order valence-corrected chi connectivity index (χ3v) is 2.20. The van der Waals surface area contributed by atoms with Crippen molar-refractivity contribution in [3.05, 3.63) is 29.6 Å². The number of alkyl halides is 3. The van der Waals surface area contributed by atoms with Crippen LogP contribution in [0.5, 0.6) is 0 Å². The first-order valence-electron chi connectivity index (χ1n) is 4.72. The average molecular weight is 229 g/mol. The molecular formula is C10H10F3N3. The molecule has 0 saturated carbocycles. The SMILES string of the molecule is NCc1ccc2nc(CC(F)(F)F)[nH]c2c1. The minimum absolute atomic E-state index is 0.0725. The van der Waals surface area contributed by atoms with Gasteiger partial charge in [0, 0.05) is 6.54 Å². The molecule has 86 valence electrons. The lowest BCUT2D eigenvalue weighted by atomic mass is 10.2. The zero-order valence-electron chi connectivity index (χ0n) is 8.30. The highest BCUT2D eigenvalue weighted by atomic mass is 19.4. The second-order valence-electron chi connectivity index (χ2n) is 3.53. The predicted octanol–water partition coefficient (Wildman–Crippen LogP) is 2.13. The number of halogens is 3. The van der Waals surface area contributed by atoms with Crippen LogP contribution in [0.4, 0.5) is 13.2 Å². The van der Waals surface area contributed by atoms with Crippen LogP contribution in [-0.2, 0) is 13.0 Å². The summed E-state index contributed by atoms with van der Waals surface area (Å²) >= 11 is 0. The van der Waals surface area contributed by atoms with Crippen molar-refractivity contribution in [2.45, 2.75) is 19.1 Å². The quantitative estimate of drug-likeness (QED) is 0.828. The zero-order chi connectivity index (χ0) is 11.8. The van der Waals surface area contributed by atoms with E-state index < -0.39 is 12.6 Å². The molecule has 0 aliphatic rings. The molecule has 0 amide bonds. The minimum atomic E-state index is -4.25. The van der Waals surface area contributed by atoms with Gasteiger partial charge >= 0.3 is 6.18 Å². The molecule has 0 spiro atoms. The molecular weight excluding hydrogens is 219 g/mol. The van der Waals surface area contributed by atoms with E-state index in [1.807, 2.05) is 0 Å². The molecule has 0 aliphatic carbocycles. The van der Waals surface area contributed by atoms with Crippen LogP contribution in [0.2, 0.25) is 0 Å². The summed E-state index contributed by atoms with van der Waals surface area (Å²) < 4.78 is 36.4. The molecule has 3 nitrogen and oxygen atoms in total. The van der Waals surface area contributed by atoms with E-state index in [0.29, 0.717) is 17.6 Å². The van der Waals surface area contributed by atoms with E-state index in [9.17, 15) is 13.2 Å². The average Bonchev–Trinajstić information content (AvgIpc) is 2.55. The molecule has 1 aromatic heterocycles. The number of aromatic amines is 1. The van der Waals surface area contributed by atoms with Crippen LogP contribution in [0.15, 0.2) is 18.2 Å². The minimum Gasteiger partial charge on any atom is -0.342 e. The van der Waals surface area contributed by atoms with Gasteiger partial charge < -0.3 is 10.7 Å². The number of rotatable bonds is 2. The van der Waals surface area contributed by atoms with Gasteiger partial charge in [-0.2, -0.15) is 13.2 Å². The molecule has 0 unspecified atom stereocenters. The van der Waals surface area contributed by atoms with Gasteiger partial charge in [0.05, 0.1) is 11.0 Å². The Bertz CT molecular complexity index is 501. The second-order valence-corrected chi connectivity index (χ2v) is 3.53. The van der Waals surface area contributed by atoms with E-state index in [2.05, 4.69) is 9.97 Å². The first-order chi connectivity index (χ1) is 7.48. The van der Waals surface area contributed by atoms with Crippen molar-refractivity contribution >= 4 is 11.0 Å². The summed E-state index contributed by atoms with van der Waals surface area (Å²) in [5, 5.41) is 0. The zero-order valence-corrected chi connectivity index (χ0v) is 8.30. The molecule has 3 N–H and O–H groups in total. The molecule has 1 aromatic carbocycles. The van der Waals surface area contributed by atoms with Crippen molar-refractivity contribution in [1.29, 1.82) is 0 Å². The van der Waals surface area contributed by atoms with Gasteiger partial charge in [-0.05, 0) is 17.7 Å². The van der Waals surface area contributed by atoms with E-state index in [1.54, 1.807) is 18.2 Å². The molecule has 6 heteroatoms. The van der Waals surface area contributed by atoms with Crippen LogP contribution in [-0.4, -0.2) is 16.1 Å². The lowest BCUT2D eigenvalue weighted by molar-refractivity contribution is -0.128. The standard InChI is InChI=1S/C10H10F3N3/c11-10(12,13)4-9-15-7-2-1-6(5-14)3-8(7)16-9/h1-3H,4-5,14H2,(H,15,16). The number of fused-ring (bicyclic) bond motifs is 1. The Balaban J connectivity index is 2.36.